The van der Waals surface area contributed by atoms with Crippen molar-refractivity contribution < 1.29 is 17.9 Å². The van der Waals surface area contributed by atoms with E-state index >= 15 is 4.39 Å². The van der Waals surface area contributed by atoms with Gasteiger partial charge in [0.1, 0.15) is 5.67 Å². The average molecular weight is 493 g/mol. The van der Waals surface area contributed by atoms with E-state index in [1.807, 2.05) is 6.08 Å². The van der Waals surface area contributed by atoms with E-state index in [9.17, 15) is 8.78 Å². The number of rotatable bonds is 14. The fraction of sp³-hybridized carbons (Fsp3) is 0.742. The maximum absolute atomic E-state index is 15.9. The molecular formula is C31H47F3O. The molecule has 1 nitrogen and oxygen atoms in total. The van der Waals surface area contributed by atoms with Crippen molar-refractivity contribution in [3.8, 4) is 5.75 Å². The molecule has 0 radical (unpaired) electrons. The Labute approximate surface area is 211 Å². The molecule has 0 N–H and O–H groups in total. The maximum Gasteiger partial charge on any atom is 0.201 e. The van der Waals surface area contributed by atoms with Crippen molar-refractivity contribution in [2.45, 2.75) is 122 Å². The normalized spacial score (nSPS) is 27.0. The second-order valence-electron chi connectivity index (χ2n) is 11.2. The molecule has 1 aromatic carbocycles. The third-order valence-corrected chi connectivity index (χ3v) is 8.69. The van der Waals surface area contributed by atoms with Gasteiger partial charge in [0, 0.05) is 5.56 Å². The molecule has 0 aromatic heterocycles. The Balaban J connectivity index is 1.46. The minimum Gasteiger partial charge on any atom is -0.490 e. The summed E-state index contributed by atoms with van der Waals surface area (Å²) in [6.07, 6.45) is 19.4. The lowest BCUT2D eigenvalue weighted by Gasteiger charge is -2.40. The molecule has 4 heteroatoms. The second kappa shape index (κ2) is 14.3. The molecule has 0 spiro atoms. The summed E-state index contributed by atoms with van der Waals surface area (Å²) in [5.74, 6) is -0.146. The molecule has 2 aliphatic rings. The van der Waals surface area contributed by atoms with Crippen LogP contribution in [-0.2, 0) is 5.67 Å². The summed E-state index contributed by atoms with van der Waals surface area (Å²) in [6.45, 7) is 6.30. The van der Waals surface area contributed by atoms with E-state index in [2.05, 4.69) is 13.5 Å². The van der Waals surface area contributed by atoms with Crippen LogP contribution in [0, 0.1) is 29.4 Å². The van der Waals surface area contributed by atoms with Gasteiger partial charge in [-0.1, -0.05) is 64.4 Å². The average Bonchev–Trinajstić information content (AvgIpc) is 2.87. The standard InChI is InChI=1S/C31H47F3O/c1-3-5-7-8-9-11-23-35-28-18-17-27(29(32)30(28)33)31(34)21-19-26(20-22-31)25-15-13-24(14-16-25)12-10-6-4-2/h3,17-18,24-26H,1,4-16,19-23H2,2H3. The van der Waals surface area contributed by atoms with Crippen molar-refractivity contribution in [2.24, 2.45) is 17.8 Å². The number of hydrogen-bond donors (Lipinski definition) is 0. The van der Waals surface area contributed by atoms with Gasteiger partial charge in [0.2, 0.25) is 5.82 Å². The molecular weight excluding hydrogens is 445 g/mol. The predicted molar refractivity (Wildman–Crippen MR) is 139 cm³/mol. The molecule has 0 unspecified atom stereocenters. The minimum absolute atomic E-state index is 0.106. The van der Waals surface area contributed by atoms with E-state index in [4.69, 9.17) is 4.74 Å². The Morgan fingerprint density at radius 3 is 2.26 bits per heavy atom. The molecule has 1 aromatic rings. The Kier molecular flexibility index (Phi) is 11.5. The van der Waals surface area contributed by atoms with Gasteiger partial charge in [-0.25, -0.2) is 8.78 Å². The predicted octanol–water partition coefficient (Wildman–Crippen LogP) is 10.2. The zero-order valence-corrected chi connectivity index (χ0v) is 21.9. The SMILES string of the molecule is C=CCCCCCCOc1ccc(C2(F)CCC(C3CCC(CCCCC)CC3)CC2)c(F)c1F. The molecule has 2 fully saturated rings. The Bertz CT molecular complexity index is 761. The highest BCUT2D eigenvalue weighted by molar-refractivity contribution is 5.34. The van der Waals surface area contributed by atoms with Crippen molar-refractivity contribution >= 4 is 0 Å². The van der Waals surface area contributed by atoms with Gasteiger partial charge in [0.25, 0.3) is 0 Å². The summed E-state index contributed by atoms with van der Waals surface area (Å²) < 4.78 is 51.0. The van der Waals surface area contributed by atoms with Crippen molar-refractivity contribution in [1.82, 2.24) is 0 Å². The smallest absolute Gasteiger partial charge is 0.201 e. The summed E-state index contributed by atoms with van der Waals surface area (Å²) in [4.78, 5) is 0. The summed E-state index contributed by atoms with van der Waals surface area (Å²) in [5, 5.41) is 0. The van der Waals surface area contributed by atoms with E-state index < -0.39 is 17.3 Å². The Hall–Kier alpha value is -1.45. The van der Waals surface area contributed by atoms with Crippen LogP contribution < -0.4 is 4.74 Å². The van der Waals surface area contributed by atoms with Gasteiger partial charge >= 0.3 is 0 Å². The van der Waals surface area contributed by atoms with E-state index in [1.54, 1.807) is 0 Å². The van der Waals surface area contributed by atoms with Gasteiger partial charge in [0.05, 0.1) is 6.61 Å². The quantitative estimate of drug-likeness (QED) is 0.185. The highest BCUT2D eigenvalue weighted by Gasteiger charge is 2.42. The molecule has 0 aliphatic heterocycles. The summed E-state index contributed by atoms with van der Waals surface area (Å²) in [6, 6.07) is 2.83. The molecule has 0 saturated heterocycles. The zero-order chi connectivity index (χ0) is 25.1. The van der Waals surface area contributed by atoms with Crippen LogP contribution in [0.25, 0.3) is 0 Å². The third kappa shape index (κ3) is 8.02. The highest BCUT2D eigenvalue weighted by Crippen LogP contribution is 2.49. The topological polar surface area (TPSA) is 9.23 Å². The molecule has 0 bridgehead atoms. The van der Waals surface area contributed by atoms with E-state index in [1.165, 1.54) is 63.5 Å². The number of alkyl halides is 1. The molecule has 2 aliphatic carbocycles. The van der Waals surface area contributed by atoms with Gasteiger partial charge in [-0.15, -0.1) is 6.58 Å². The van der Waals surface area contributed by atoms with Crippen LogP contribution in [0.1, 0.15) is 122 Å². The first-order valence-electron chi connectivity index (χ1n) is 14.4. The number of hydrogen-bond acceptors (Lipinski definition) is 1. The van der Waals surface area contributed by atoms with Crippen LogP contribution in [0.15, 0.2) is 24.8 Å². The lowest BCUT2D eigenvalue weighted by atomic mass is 9.67. The summed E-state index contributed by atoms with van der Waals surface area (Å²) >= 11 is 0. The monoisotopic (exact) mass is 492 g/mol. The van der Waals surface area contributed by atoms with Crippen molar-refractivity contribution in [3.63, 3.8) is 0 Å². The summed E-state index contributed by atoms with van der Waals surface area (Å²) in [5.41, 5.74) is -1.90. The van der Waals surface area contributed by atoms with Gasteiger partial charge < -0.3 is 4.74 Å². The van der Waals surface area contributed by atoms with Crippen LogP contribution in [0.4, 0.5) is 13.2 Å². The van der Waals surface area contributed by atoms with Gasteiger partial charge in [-0.05, 0) is 87.7 Å². The number of allylic oxidation sites excluding steroid dienone is 1. The first-order chi connectivity index (χ1) is 17.0. The molecule has 0 amide bonds. The van der Waals surface area contributed by atoms with Gasteiger partial charge in [-0.3, -0.25) is 0 Å². The molecule has 3 rings (SSSR count). The number of unbranched alkanes of at least 4 members (excludes halogenated alkanes) is 6. The van der Waals surface area contributed by atoms with Crippen LogP contribution in [0.5, 0.6) is 5.75 Å². The Morgan fingerprint density at radius 1 is 0.886 bits per heavy atom. The van der Waals surface area contributed by atoms with E-state index in [-0.39, 0.29) is 24.2 Å². The molecule has 35 heavy (non-hydrogen) atoms. The lowest BCUT2D eigenvalue weighted by Crippen LogP contribution is -2.32. The number of benzene rings is 1. The van der Waals surface area contributed by atoms with E-state index in [0.29, 0.717) is 18.4 Å². The first kappa shape index (κ1) is 28.1. The van der Waals surface area contributed by atoms with Crippen molar-refractivity contribution in [2.75, 3.05) is 6.61 Å². The number of halogens is 3. The van der Waals surface area contributed by atoms with Crippen LogP contribution in [-0.4, -0.2) is 6.61 Å². The molecule has 198 valence electrons. The van der Waals surface area contributed by atoms with E-state index in [0.717, 1.165) is 50.9 Å². The first-order valence-corrected chi connectivity index (χ1v) is 14.4. The van der Waals surface area contributed by atoms with Gasteiger partial charge in [-0.2, -0.15) is 4.39 Å². The van der Waals surface area contributed by atoms with Crippen molar-refractivity contribution in [3.05, 3.63) is 42.0 Å². The van der Waals surface area contributed by atoms with Crippen LogP contribution in [0.2, 0.25) is 0 Å². The summed E-state index contributed by atoms with van der Waals surface area (Å²) in [7, 11) is 0. The van der Waals surface area contributed by atoms with Crippen LogP contribution in [0.3, 0.4) is 0 Å². The van der Waals surface area contributed by atoms with Crippen molar-refractivity contribution in [1.29, 1.82) is 0 Å². The minimum atomic E-state index is -1.78. The van der Waals surface area contributed by atoms with Gasteiger partial charge in [0.15, 0.2) is 11.6 Å². The number of ether oxygens (including phenoxy) is 1. The fourth-order valence-electron chi connectivity index (χ4n) is 6.39. The molecule has 0 atom stereocenters. The largest absolute Gasteiger partial charge is 0.490 e. The third-order valence-electron chi connectivity index (χ3n) is 8.69. The Morgan fingerprint density at radius 2 is 1.57 bits per heavy atom. The molecule has 2 saturated carbocycles. The fourth-order valence-corrected chi connectivity index (χ4v) is 6.39. The maximum atomic E-state index is 15.9. The second-order valence-corrected chi connectivity index (χ2v) is 11.2. The van der Waals surface area contributed by atoms with Crippen LogP contribution >= 0.6 is 0 Å². The highest BCUT2D eigenvalue weighted by atomic mass is 19.2. The zero-order valence-electron chi connectivity index (χ0n) is 21.9. The lowest BCUT2D eigenvalue weighted by molar-refractivity contribution is 0.0486. The molecule has 0 heterocycles.